The minimum absolute atomic E-state index is 0.790. The van der Waals surface area contributed by atoms with Crippen LogP contribution in [-0.2, 0) is 0 Å². The summed E-state index contributed by atoms with van der Waals surface area (Å²) >= 11 is 0. The molecule has 0 saturated heterocycles. The maximum atomic E-state index is 2.58. The van der Waals surface area contributed by atoms with Gasteiger partial charge in [0.25, 0.3) is 0 Å². The highest BCUT2D eigenvalue weighted by molar-refractivity contribution is 5.75. The molecule has 8 rings (SSSR count). The lowest BCUT2D eigenvalue weighted by molar-refractivity contribution is 0.688. The van der Waals surface area contributed by atoms with Gasteiger partial charge in [0.05, 0.1) is 0 Å². The van der Waals surface area contributed by atoms with Crippen LogP contribution in [0, 0.1) is 11.8 Å². The van der Waals surface area contributed by atoms with Crippen LogP contribution in [0.25, 0.3) is 12.2 Å². The number of hydrogen-bond donors (Lipinski definition) is 0. The van der Waals surface area contributed by atoms with E-state index < -0.39 is 0 Å². The van der Waals surface area contributed by atoms with Gasteiger partial charge in [-0.05, 0) is 132 Å². The van der Waals surface area contributed by atoms with Crippen LogP contribution < -0.4 is 0 Å². The molecule has 0 bridgehead atoms. The molecule has 0 nitrogen and oxygen atoms in total. The third-order valence-corrected chi connectivity index (χ3v) is 12.2. The highest BCUT2D eigenvalue weighted by atomic mass is 14.4. The van der Waals surface area contributed by atoms with Crippen molar-refractivity contribution in [1.82, 2.24) is 0 Å². The lowest BCUT2D eigenvalue weighted by Gasteiger charge is -2.25. The molecule has 0 heterocycles. The third-order valence-electron chi connectivity index (χ3n) is 12.2. The fraction of sp³-hybridized carbons (Fsp3) is 0.561. The minimum Gasteiger partial charge on any atom is -0.0721 e. The van der Waals surface area contributed by atoms with E-state index in [0.717, 1.165) is 23.7 Å². The van der Waals surface area contributed by atoms with Crippen LogP contribution in [0.3, 0.4) is 0 Å². The van der Waals surface area contributed by atoms with Crippen molar-refractivity contribution in [1.29, 1.82) is 0 Å². The molecule has 0 heteroatoms. The fourth-order valence-corrected chi connectivity index (χ4v) is 10.1. The molecule has 0 unspecified atom stereocenters. The first-order chi connectivity index (χ1) is 20.3. The van der Waals surface area contributed by atoms with Gasteiger partial charge in [-0.1, -0.05) is 106 Å². The third kappa shape index (κ3) is 4.90. The molecular weight excluding hydrogens is 492 g/mol. The van der Waals surface area contributed by atoms with Gasteiger partial charge in [0.15, 0.2) is 0 Å². The van der Waals surface area contributed by atoms with Crippen LogP contribution in [0.2, 0.25) is 0 Å². The molecule has 0 amide bonds. The van der Waals surface area contributed by atoms with E-state index in [0.29, 0.717) is 0 Å². The zero-order chi connectivity index (χ0) is 27.2. The van der Waals surface area contributed by atoms with E-state index in [1.807, 2.05) is 0 Å². The Morgan fingerprint density at radius 3 is 1.07 bits per heavy atom. The van der Waals surface area contributed by atoms with Gasteiger partial charge >= 0.3 is 0 Å². The standard InChI is InChI=1S/C41H50/c1-2-11-28(10-1)34-24-26-36(30-14-5-6-15-30)40-32(20-22-38(34)40)18-9-19-33-21-23-39-35(29-12-3-4-13-29)25-27-37(41(33)39)31-16-7-8-17-31/h20-31H,1-19H2. The second-order valence-electron chi connectivity index (χ2n) is 14.6. The number of benzene rings is 2. The summed E-state index contributed by atoms with van der Waals surface area (Å²) in [7, 11) is 0. The maximum absolute atomic E-state index is 2.58. The van der Waals surface area contributed by atoms with Crippen LogP contribution in [0.4, 0.5) is 0 Å². The van der Waals surface area contributed by atoms with E-state index in [-0.39, 0.29) is 0 Å². The molecular formula is C41H50. The lowest BCUT2D eigenvalue weighted by Crippen LogP contribution is -2.09. The Balaban J connectivity index is 1.04. The summed E-state index contributed by atoms with van der Waals surface area (Å²) in [4.78, 5) is 0. The lowest BCUT2D eigenvalue weighted by atomic mass is 9.79. The van der Waals surface area contributed by atoms with Crippen LogP contribution in [-0.4, -0.2) is 0 Å². The van der Waals surface area contributed by atoms with Gasteiger partial charge in [0, 0.05) is 11.8 Å². The predicted molar refractivity (Wildman–Crippen MR) is 174 cm³/mol. The largest absolute Gasteiger partial charge is 0.0721 e. The second-order valence-corrected chi connectivity index (χ2v) is 14.6. The first-order valence-electron chi connectivity index (χ1n) is 17.8. The Morgan fingerprint density at radius 2 is 0.707 bits per heavy atom. The SMILES string of the molecule is C1=Cc2c(C3CCCC3)ccc(C3CCCC3)c2[C]1CCC[C]1C=Cc2c(C3CCCC3)ccc(C3CCCC3)c21. The quantitative estimate of drug-likeness (QED) is 0.311. The van der Waals surface area contributed by atoms with Gasteiger partial charge in [-0.25, -0.2) is 0 Å². The van der Waals surface area contributed by atoms with Crippen molar-refractivity contribution in [3.05, 3.63) is 92.8 Å². The van der Waals surface area contributed by atoms with Gasteiger partial charge in [0.1, 0.15) is 0 Å². The zero-order valence-electron chi connectivity index (χ0n) is 25.4. The summed E-state index contributed by atoms with van der Waals surface area (Å²) < 4.78 is 0. The molecule has 6 aliphatic rings. The monoisotopic (exact) mass is 542 g/mol. The molecule has 0 N–H and O–H groups in total. The number of allylic oxidation sites excluding steroid dienone is 2. The Morgan fingerprint density at radius 1 is 0.390 bits per heavy atom. The number of hydrogen-bond acceptors (Lipinski definition) is 0. The highest BCUT2D eigenvalue weighted by Gasteiger charge is 2.33. The molecule has 0 aliphatic heterocycles. The van der Waals surface area contributed by atoms with E-state index in [1.54, 1.807) is 56.3 Å². The number of fused-ring (bicyclic) bond motifs is 2. The molecule has 4 fully saturated rings. The molecule has 41 heavy (non-hydrogen) atoms. The molecule has 214 valence electrons. The zero-order valence-corrected chi connectivity index (χ0v) is 25.4. The van der Waals surface area contributed by atoms with Gasteiger partial charge in [-0.15, -0.1) is 0 Å². The van der Waals surface area contributed by atoms with Crippen LogP contribution in [0.15, 0.2) is 36.4 Å². The average molecular weight is 543 g/mol. The fourth-order valence-electron chi connectivity index (χ4n) is 10.1. The second kappa shape index (κ2) is 11.5. The first-order valence-corrected chi connectivity index (χ1v) is 17.8. The van der Waals surface area contributed by atoms with Crippen molar-refractivity contribution in [2.75, 3.05) is 0 Å². The van der Waals surface area contributed by atoms with Gasteiger partial charge in [-0.3, -0.25) is 0 Å². The van der Waals surface area contributed by atoms with E-state index in [9.17, 15) is 0 Å². The molecule has 0 spiro atoms. The predicted octanol–water partition coefficient (Wildman–Crippen LogP) is 12.1. The summed E-state index contributed by atoms with van der Waals surface area (Å²) in [6, 6.07) is 10.3. The normalized spacial score (nSPS) is 24.0. The number of rotatable bonds is 8. The van der Waals surface area contributed by atoms with Crippen molar-refractivity contribution in [2.24, 2.45) is 0 Å². The van der Waals surface area contributed by atoms with Crippen molar-refractivity contribution in [2.45, 2.75) is 146 Å². The van der Waals surface area contributed by atoms with Crippen LogP contribution in [0.1, 0.15) is 190 Å². The van der Waals surface area contributed by atoms with Crippen molar-refractivity contribution in [3.8, 4) is 0 Å². The molecule has 4 saturated carbocycles. The Hall–Kier alpha value is -2.08. The summed E-state index contributed by atoms with van der Waals surface area (Å²) in [6.07, 6.45) is 36.4. The van der Waals surface area contributed by atoms with Crippen molar-refractivity contribution < 1.29 is 0 Å². The van der Waals surface area contributed by atoms with Crippen LogP contribution >= 0.6 is 0 Å². The first kappa shape index (κ1) is 26.5. The molecule has 0 aromatic heterocycles. The summed E-state index contributed by atoms with van der Waals surface area (Å²) in [5, 5.41) is 0. The van der Waals surface area contributed by atoms with Gasteiger partial charge < -0.3 is 0 Å². The van der Waals surface area contributed by atoms with E-state index >= 15 is 0 Å². The van der Waals surface area contributed by atoms with Crippen molar-refractivity contribution in [3.63, 3.8) is 0 Å². The van der Waals surface area contributed by atoms with E-state index in [4.69, 9.17) is 0 Å². The topological polar surface area (TPSA) is 0 Å². The van der Waals surface area contributed by atoms with E-state index in [2.05, 4.69) is 48.6 Å². The van der Waals surface area contributed by atoms with E-state index in [1.165, 1.54) is 122 Å². The average Bonchev–Trinajstić information content (AvgIpc) is 3.85. The maximum Gasteiger partial charge on any atom is 0.0276 e. The Labute approximate surface area is 250 Å². The van der Waals surface area contributed by atoms with Crippen molar-refractivity contribution >= 4 is 12.2 Å². The highest BCUT2D eigenvalue weighted by Crippen LogP contribution is 2.50. The Kier molecular flexibility index (Phi) is 7.47. The smallest absolute Gasteiger partial charge is 0.0276 e. The van der Waals surface area contributed by atoms with Crippen LogP contribution in [0.5, 0.6) is 0 Å². The van der Waals surface area contributed by atoms with Gasteiger partial charge in [-0.2, -0.15) is 0 Å². The summed E-state index contributed by atoms with van der Waals surface area (Å²) in [5.41, 5.74) is 13.4. The molecule has 2 radical (unpaired) electrons. The minimum atomic E-state index is 0.790. The molecule has 0 atom stereocenters. The summed E-state index contributed by atoms with van der Waals surface area (Å²) in [5.74, 6) is 6.48. The molecule has 6 aliphatic carbocycles. The molecule has 2 aromatic carbocycles. The Bertz CT molecular complexity index is 1200. The summed E-state index contributed by atoms with van der Waals surface area (Å²) in [6.45, 7) is 0. The molecule has 2 aromatic rings. The van der Waals surface area contributed by atoms with Gasteiger partial charge in [0.2, 0.25) is 0 Å².